The Labute approximate surface area is 125 Å². The minimum atomic E-state index is 0.475. The van der Waals surface area contributed by atoms with Crippen LogP contribution in [0.15, 0.2) is 0 Å². The monoisotopic (exact) mass is 286 g/mol. The van der Waals surface area contributed by atoms with Crippen LogP contribution in [0.2, 0.25) is 0 Å². The average Bonchev–Trinajstić information content (AvgIpc) is 2.28. The Bertz CT molecular complexity index is 204. The van der Waals surface area contributed by atoms with Gasteiger partial charge in [0.2, 0.25) is 0 Å². The van der Waals surface area contributed by atoms with E-state index < -0.39 is 0 Å². The van der Waals surface area contributed by atoms with Crippen LogP contribution in [0, 0.1) is 23.7 Å². The van der Waals surface area contributed by atoms with Crippen molar-refractivity contribution in [3.05, 3.63) is 0 Å². The fourth-order valence-electron chi connectivity index (χ4n) is 2.77. The van der Waals surface area contributed by atoms with Crippen LogP contribution < -0.4 is 0 Å². The second-order valence-corrected chi connectivity index (χ2v) is 8.90. The van der Waals surface area contributed by atoms with Gasteiger partial charge in [0.1, 0.15) is 0 Å². The van der Waals surface area contributed by atoms with Crippen LogP contribution in [0.5, 0.6) is 0 Å². The zero-order valence-electron chi connectivity index (χ0n) is 14.6. The lowest BCUT2D eigenvalue weighted by Crippen LogP contribution is -2.29. The van der Waals surface area contributed by atoms with E-state index in [1.165, 1.54) is 38.5 Å². The predicted molar refractivity (Wildman–Crippen MR) is 93.8 cm³/mol. The molecule has 0 heterocycles. The van der Waals surface area contributed by atoms with E-state index in [9.17, 15) is 0 Å². The third-order valence-electron chi connectivity index (χ3n) is 5.01. The highest BCUT2D eigenvalue weighted by molar-refractivity contribution is 7.19. The molecule has 0 nitrogen and oxygen atoms in total. The molecule has 0 aromatic heterocycles. The summed E-state index contributed by atoms with van der Waals surface area (Å²) < 4.78 is 0. The molecule has 0 aromatic carbocycles. The molecule has 0 N–H and O–H groups in total. The van der Waals surface area contributed by atoms with Crippen LogP contribution in [0.25, 0.3) is 0 Å². The van der Waals surface area contributed by atoms with E-state index in [1.54, 1.807) is 0 Å². The van der Waals surface area contributed by atoms with Gasteiger partial charge in [-0.2, -0.15) is 0 Å². The highest BCUT2D eigenvalue weighted by Gasteiger charge is 2.30. The van der Waals surface area contributed by atoms with Crippen LogP contribution in [0.1, 0.15) is 87.0 Å². The quantitative estimate of drug-likeness (QED) is 0.316. The van der Waals surface area contributed by atoms with Crippen molar-refractivity contribution in [2.24, 2.45) is 23.7 Å². The van der Waals surface area contributed by atoms with Crippen LogP contribution >= 0.6 is 9.24 Å². The van der Waals surface area contributed by atoms with Crippen molar-refractivity contribution in [1.82, 2.24) is 0 Å². The Morgan fingerprint density at radius 2 is 1.21 bits per heavy atom. The second-order valence-electron chi connectivity index (χ2n) is 7.67. The SMILES string of the molecule is CCCCCC(P)(CC(C)C(C)C)CC(C)C(C)C. The summed E-state index contributed by atoms with van der Waals surface area (Å²) >= 11 is 0. The summed E-state index contributed by atoms with van der Waals surface area (Å²) in [4.78, 5) is 0. The highest BCUT2D eigenvalue weighted by atomic mass is 31.0. The summed E-state index contributed by atoms with van der Waals surface area (Å²) in [5.74, 6) is 3.28. The van der Waals surface area contributed by atoms with Crippen molar-refractivity contribution in [1.29, 1.82) is 0 Å². The largest absolute Gasteiger partial charge is 0.131 e. The average molecular weight is 286 g/mol. The Balaban J connectivity index is 4.60. The van der Waals surface area contributed by atoms with Crippen LogP contribution in [0.4, 0.5) is 0 Å². The number of hydrogen-bond acceptors (Lipinski definition) is 0. The molecule has 19 heavy (non-hydrogen) atoms. The Morgan fingerprint density at radius 1 is 0.789 bits per heavy atom. The molecule has 116 valence electrons. The molecule has 0 saturated carbocycles. The summed E-state index contributed by atoms with van der Waals surface area (Å²) in [6.07, 6.45) is 8.25. The first-order chi connectivity index (χ1) is 8.72. The van der Waals surface area contributed by atoms with Gasteiger partial charge in [-0.1, -0.05) is 67.7 Å². The highest BCUT2D eigenvalue weighted by Crippen LogP contribution is 2.41. The van der Waals surface area contributed by atoms with Gasteiger partial charge in [-0.25, -0.2) is 0 Å². The second kappa shape index (κ2) is 9.38. The van der Waals surface area contributed by atoms with Gasteiger partial charge in [0, 0.05) is 0 Å². The molecule has 0 saturated heterocycles. The van der Waals surface area contributed by atoms with Crippen LogP contribution in [0.3, 0.4) is 0 Å². The molecular formula is C18H39P. The lowest BCUT2D eigenvalue weighted by molar-refractivity contribution is 0.265. The minimum absolute atomic E-state index is 0.475. The smallest absolute Gasteiger partial charge is 0.0145 e. The van der Waals surface area contributed by atoms with Crippen LogP contribution in [-0.4, -0.2) is 5.16 Å². The van der Waals surface area contributed by atoms with Crippen molar-refractivity contribution < 1.29 is 0 Å². The van der Waals surface area contributed by atoms with E-state index in [4.69, 9.17) is 0 Å². The van der Waals surface area contributed by atoms with Gasteiger partial charge in [-0.15, -0.1) is 9.24 Å². The normalized spacial score (nSPS) is 18.6. The molecule has 0 amide bonds. The molecule has 3 atom stereocenters. The first-order valence-electron chi connectivity index (χ1n) is 8.50. The third-order valence-corrected chi connectivity index (χ3v) is 5.77. The lowest BCUT2D eigenvalue weighted by atomic mass is 9.78. The van der Waals surface area contributed by atoms with E-state index in [-0.39, 0.29) is 0 Å². The molecule has 0 rings (SSSR count). The number of rotatable bonds is 10. The van der Waals surface area contributed by atoms with Crippen molar-refractivity contribution in [3.8, 4) is 0 Å². The molecule has 3 unspecified atom stereocenters. The number of unbranched alkanes of at least 4 members (excludes halogenated alkanes) is 2. The summed E-state index contributed by atoms with van der Waals surface area (Å²) in [5, 5.41) is 0.475. The van der Waals surface area contributed by atoms with Gasteiger partial charge < -0.3 is 0 Å². The predicted octanol–water partition coefficient (Wildman–Crippen LogP) is 6.55. The standard InChI is InChI=1S/C18H39P/c1-8-9-10-11-18(19,12-16(6)14(2)3)13-17(7)15(4)5/h14-17H,8-13,19H2,1-7H3. The van der Waals surface area contributed by atoms with E-state index in [0.717, 1.165) is 23.7 Å². The maximum absolute atomic E-state index is 3.27. The molecular weight excluding hydrogens is 247 g/mol. The summed E-state index contributed by atoms with van der Waals surface area (Å²) in [6, 6.07) is 0. The Kier molecular flexibility index (Phi) is 9.59. The molecule has 0 radical (unpaired) electrons. The zero-order chi connectivity index (χ0) is 15.1. The molecule has 1 heteroatoms. The molecule has 0 aromatic rings. The van der Waals surface area contributed by atoms with E-state index >= 15 is 0 Å². The fraction of sp³-hybridized carbons (Fsp3) is 1.00. The maximum atomic E-state index is 3.27. The Hall–Kier alpha value is 0.430. The maximum Gasteiger partial charge on any atom is -0.0145 e. The molecule has 0 spiro atoms. The van der Waals surface area contributed by atoms with Gasteiger partial charge >= 0.3 is 0 Å². The van der Waals surface area contributed by atoms with Crippen molar-refractivity contribution in [2.75, 3.05) is 0 Å². The molecule has 0 aliphatic carbocycles. The van der Waals surface area contributed by atoms with Crippen molar-refractivity contribution in [3.63, 3.8) is 0 Å². The summed E-state index contributed by atoms with van der Waals surface area (Å²) in [6.45, 7) is 16.6. The van der Waals surface area contributed by atoms with Gasteiger partial charge in [-0.05, 0) is 48.1 Å². The first kappa shape index (κ1) is 19.4. The molecule has 0 fully saturated rings. The fourth-order valence-corrected chi connectivity index (χ4v) is 3.72. The van der Waals surface area contributed by atoms with Crippen molar-refractivity contribution >= 4 is 9.24 Å². The topological polar surface area (TPSA) is 0 Å². The molecule has 0 aliphatic rings. The van der Waals surface area contributed by atoms with Crippen LogP contribution in [-0.2, 0) is 0 Å². The van der Waals surface area contributed by atoms with E-state index in [1.807, 2.05) is 0 Å². The molecule has 0 aliphatic heterocycles. The zero-order valence-corrected chi connectivity index (χ0v) is 15.8. The van der Waals surface area contributed by atoms with Gasteiger partial charge in [0.05, 0.1) is 0 Å². The van der Waals surface area contributed by atoms with E-state index in [0.29, 0.717) is 5.16 Å². The van der Waals surface area contributed by atoms with Gasteiger partial charge in [0.25, 0.3) is 0 Å². The molecule has 0 bridgehead atoms. The van der Waals surface area contributed by atoms with Gasteiger partial charge in [0.15, 0.2) is 0 Å². The van der Waals surface area contributed by atoms with Gasteiger partial charge in [-0.3, -0.25) is 0 Å². The first-order valence-corrected chi connectivity index (χ1v) is 9.08. The lowest BCUT2D eigenvalue weighted by Gasteiger charge is -2.37. The van der Waals surface area contributed by atoms with E-state index in [2.05, 4.69) is 57.7 Å². The minimum Gasteiger partial charge on any atom is -0.131 e. The summed E-state index contributed by atoms with van der Waals surface area (Å²) in [7, 11) is 3.27. The number of hydrogen-bond donors (Lipinski definition) is 0. The summed E-state index contributed by atoms with van der Waals surface area (Å²) in [5.41, 5.74) is 0. The Morgan fingerprint density at radius 3 is 1.53 bits per heavy atom. The third kappa shape index (κ3) is 8.34. The van der Waals surface area contributed by atoms with Crippen molar-refractivity contribution in [2.45, 2.75) is 92.1 Å².